The second-order valence-corrected chi connectivity index (χ2v) is 24.2. The molecule has 5 aliphatic rings. The number of fused-ring (bicyclic) bond motifs is 12. The molecule has 66 heavy (non-hydrogen) atoms. The maximum Gasteiger partial charge on any atom is 0.142 e. The Morgan fingerprint density at radius 1 is 0.636 bits per heavy atom. The van der Waals surface area contributed by atoms with Gasteiger partial charge in [0.25, 0.3) is 0 Å². The van der Waals surface area contributed by atoms with E-state index in [-0.39, 0.29) is 12.0 Å². The standard InChI is InChI=1S/C62H50N2P2/c1-66(52-20-7-3-8-21-52,53-22-9-4-10-23-53)54-33-28-46-37-45(25-26-47(46)39-54)48-30-34-56-59(40-48)64-60-41-51(32-36-58(60)63-62(64)57-35-29-43-16-13-14-24-55(43)61(56)57)65(49-18-5-2-6-19-49)50-31-27-42-15-11-12-17-44(42)38-50/h2-10,12-14,16-18,20-42,44,49,56,59H,1,11,15,19H2. The van der Waals surface area contributed by atoms with Crippen molar-refractivity contribution >= 4 is 80.5 Å². The number of hydrogen-bond acceptors (Lipinski definition) is 1. The predicted octanol–water partition coefficient (Wildman–Crippen LogP) is 14.1. The molecule has 0 saturated carbocycles. The van der Waals surface area contributed by atoms with Crippen LogP contribution in [0.25, 0.3) is 49.5 Å². The van der Waals surface area contributed by atoms with E-state index in [4.69, 9.17) is 11.3 Å². The van der Waals surface area contributed by atoms with Crippen LogP contribution in [-0.4, -0.2) is 21.5 Å². The van der Waals surface area contributed by atoms with Gasteiger partial charge < -0.3 is 4.57 Å². The molecule has 4 aliphatic carbocycles. The molecule has 13 rings (SSSR count). The first-order valence-corrected chi connectivity index (χ1v) is 27.0. The van der Waals surface area contributed by atoms with E-state index in [1.165, 1.54) is 88.7 Å². The summed E-state index contributed by atoms with van der Waals surface area (Å²) in [5, 5.41) is 11.9. The first-order chi connectivity index (χ1) is 32.6. The number of aromatic nitrogens is 2. The fourth-order valence-corrected chi connectivity index (χ4v) is 17.3. The average Bonchev–Trinajstić information content (AvgIpc) is 3.78. The Kier molecular flexibility index (Phi) is 9.70. The normalized spacial score (nSPS) is 22.1. The Morgan fingerprint density at radius 2 is 1.42 bits per heavy atom. The van der Waals surface area contributed by atoms with E-state index in [2.05, 4.69) is 229 Å². The molecule has 0 bridgehead atoms. The van der Waals surface area contributed by atoms with Crippen molar-refractivity contribution in [2.45, 2.75) is 36.9 Å². The number of benzene rings is 7. The highest BCUT2D eigenvalue weighted by Gasteiger charge is 2.37. The third kappa shape index (κ3) is 6.53. The van der Waals surface area contributed by atoms with Gasteiger partial charge in [0.1, 0.15) is 5.82 Å². The molecule has 0 N–H and O–H groups in total. The summed E-state index contributed by atoms with van der Waals surface area (Å²) in [4.78, 5) is 5.53. The lowest BCUT2D eigenvalue weighted by molar-refractivity contribution is 0.491. The van der Waals surface area contributed by atoms with Crippen LogP contribution < -0.4 is 21.2 Å². The molecule has 7 aromatic carbocycles. The van der Waals surface area contributed by atoms with Crippen molar-refractivity contribution in [2.24, 2.45) is 11.8 Å². The summed E-state index contributed by atoms with van der Waals surface area (Å²) >= 11 is 0. The zero-order chi connectivity index (χ0) is 43.8. The second kappa shape index (κ2) is 16.1. The summed E-state index contributed by atoms with van der Waals surface area (Å²) < 4.78 is 2.59. The lowest BCUT2D eigenvalue weighted by Crippen LogP contribution is -2.25. The molecule has 0 amide bonds. The fraction of sp³-hybridized carbons (Fsp3) is 0.129. The molecular weight excluding hydrogens is 835 g/mol. The summed E-state index contributed by atoms with van der Waals surface area (Å²) in [6.07, 6.45) is 37.7. The van der Waals surface area contributed by atoms with E-state index >= 15 is 0 Å². The summed E-state index contributed by atoms with van der Waals surface area (Å²) in [7, 11) is -0.656. The van der Waals surface area contributed by atoms with Crippen molar-refractivity contribution in [2.75, 3.05) is 0 Å². The van der Waals surface area contributed by atoms with Gasteiger partial charge in [-0.2, -0.15) is 0 Å². The van der Waals surface area contributed by atoms with Crippen LogP contribution in [0.1, 0.15) is 42.3 Å². The summed E-state index contributed by atoms with van der Waals surface area (Å²) in [6.45, 7) is -2.10. The van der Waals surface area contributed by atoms with E-state index in [0.29, 0.717) is 17.5 Å². The quantitative estimate of drug-likeness (QED) is 0.115. The van der Waals surface area contributed by atoms with Gasteiger partial charge >= 0.3 is 0 Å². The number of allylic oxidation sites excluding steroid dienone is 14. The van der Waals surface area contributed by atoms with Gasteiger partial charge in [0, 0.05) is 23.1 Å². The van der Waals surface area contributed by atoms with E-state index in [9.17, 15) is 0 Å². The van der Waals surface area contributed by atoms with E-state index in [0.717, 1.165) is 17.8 Å². The molecule has 2 nitrogen and oxygen atoms in total. The third-order valence-electron chi connectivity index (χ3n) is 15.0. The number of rotatable bonds is 7. The summed E-state index contributed by atoms with van der Waals surface area (Å²) in [5.41, 5.74) is 7.83. The zero-order valence-corrected chi connectivity index (χ0v) is 38.7. The maximum atomic E-state index is 5.53. The summed E-state index contributed by atoms with van der Waals surface area (Å²) in [6, 6.07) is 56.6. The molecule has 0 radical (unpaired) electrons. The minimum absolute atomic E-state index is 0.0515. The van der Waals surface area contributed by atoms with Gasteiger partial charge in [-0.25, -0.2) is 4.98 Å². The molecule has 0 saturated heterocycles. The highest BCUT2D eigenvalue weighted by atomic mass is 31.2. The van der Waals surface area contributed by atoms with Crippen LogP contribution in [-0.2, 0) is 0 Å². The summed E-state index contributed by atoms with van der Waals surface area (Å²) in [5.74, 6) is 2.32. The topological polar surface area (TPSA) is 17.8 Å². The van der Waals surface area contributed by atoms with Crippen molar-refractivity contribution in [1.29, 1.82) is 0 Å². The molecule has 0 spiro atoms. The molecule has 1 aliphatic heterocycles. The Bertz CT molecular complexity index is 3480. The van der Waals surface area contributed by atoms with Crippen LogP contribution in [0.2, 0.25) is 0 Å². The maximum absolute atomic E-state index is 5.53. The predicted molar refractivity (Wildman–Crippen MR) is 287 cm³/mol. The lowest BCUT2D eigenvalue weighted by Gasteiger charge is -2.36. The Labute approximate surface area is 389 Å². The van der Waals surface area contributed by atoms with E-state index < -0.39 is 14.8 Å². The monoisotopic (exact) mass is 884 g/mol. The molecule has 4 heteroatoms. The highest BCUT2D eigenvalue weighted by Crippen LogP contribution is 2.56. The largest absolute Gasteiger partial charge is 0.316 e. The molecule has 1 aromatic heterocycles. The molecule has 2 heterocycles. The Hall–Kier alpha value is -6.56. The van der Waals surface area contributed by atoms with E-state index in [1.807, 2.05) is 0 Å². The minimum atomic E-state index is -2.10. The van der Waals surface area contributed by atoms with Crippen molar-refractivity contribution < 1.29 is 0 Å². The molecule has 8 aromatic rings. The van der Waals surface area contributed by atoms with Gasteiger partial charge in [0.05, 0.1) is 17.1 Å². The van der Waals surface area contributed by atoms with Crippen molar-refractivity contribution in [1.82, 2.24) is 9.55 Å². The van der Waals surface area contributed by atoms with Gasteiger partial charge in [-0.05, 0) is 129 Å². The van der Waals surface area contributed by atoms with Crippen LogP contribution in [0.5, 0.6) is 0 Å². The van der Waals surface area contributed by atoms with Crippen LogP contribution in [0.4, 0.5) is 0 Å². The first kappa shape index (κ1) is 39.8. The van der Waals surface area contributed by atoms with Crippen molar-refractivity contribution in [3.63, 3.8) is 0 Å². The molecule has 0 fully saturated rings. The van der Waals surface area contributed by atoms with Gasteiger partial charge in [-0.3, -0.25) is 0 Å². The van der Waals surface area contributed by atoms with E-state index in [1.54, 1.807) is 0 Å². The second-order valence-electron chi connectivity index (χ2n) is 18.6. The fourth-order valence-electron chi connectivity index (χ4n) is 11.6. The number of imidazole rings is 1. The molecule has 6 atom stereocenters. The van der Waals surface area contributed by atoms with Crippen LogP contribution in [0.15, 0.2) is 230 Å². The Morgan fingerprint density at radius 3 is 2.26 bits per heavy atom. The van der Waals surface area contributed by atoms with Gasteiger partial charge in [-0.1, -0.05) is 207 Å². The number of hydrogen-bond donors (Lipinski definition) is 0. The number of nitrogens with zero attached hydrogens (tertiary/aromatic N) is 2. The molecule has 318 valence electrons. The zero-order valence-electron chi connectivity index (χ0n) is 36.9. The van der Waals surface area contributed by atoms with Crippen LogP contribution >= 0.6 is 14.8 Å². The SMILES string of the molecule is C=P(c1ccccc1)(c1ccccc1)c1ccc2cc(C3=CC4C(C=C3)c3c(ccc5ccccc35)-c3nc5ccc(P(C6=CC7C=CCCC7C=C6)C6C=CC=CC6)cc5n34)ccc2c1. The van der Waals surface area contributed by atoms with Crippen LogP contribution in [0.3, 0.4) is 0 Å². The van der Waals surface area contributed by atoms with Crippen LogP contribution in [0, 0.1) is 11.8 Å². The van der Waals surface area contributed by atoms with Crippen molar-refractivity contribution in [3.8, 4) is 11.4 Å². The molecule has 6 unspecified atom stereocenters. The highest BCUT2D eigenvalue weighted by molar-refractivity contribution is 7.93. The average molecular weight is 885 g/mol. The Balaban J connectivity index is 0.939. The van der Waals surface area contributed by atoms with Gasteiger partial charge in [0.15, 0.2) is 0 Å². The van der Waals surface area contributed by atoms with Crippen molar-refractivity contribution in [3.05, 3.63) is 241 Å². The molecular formula is C62H50N2P2. The first-order valence-electron chi connectivity index (χ1n) is 23.6. The van der Waals surface area contributed by atoms with Gasteiger partial charge in [-0.15, -0.1) is 0 Å². The smallest absolute Gasteiger partial charge is 0.142 e. The lowest BCUT2D eigenvalue weighted by atomic mass is 9.77. The third-order valence-corrected chi connectivity index (χ3v) is 21.2. The minimum Gasteiger partial charge on any atom is -0.316 e. The van der Waals surface area contributed by atoms with Gasteiger partial charge in [0.2, 0.25) is 0 Å².